The van der Waals surface area contributed by atoms with Gasteiger partial charge in [0.1, 0.15) is 5.82 Å². The predicted octanol–water partition coefficient (Wildman–Crippen LogP) is 1.93. The molecule has 8 heteroatoms. The summed E-state index contributed by atoms with van der Waals surface area (Å²) < 4.78 is 11.2. The normalized spacial score (nSPS) is 26.3. The molecule has 1 aliphatic heterocycles. The molecule has 0 bridgehead atoms. The molecule has 1 unspecified atom stereocenters. The molecule has 1 aromatic rings. The van der Waals surface area contributed by atoms with E-state index in [0.29, 0.717) is 36.1 Å². The van der Waals surface area contributed by atoms with Crippen molar-refractivity contribution in [2.45, 2.75) is 63.6 Å². The molecule has 1 saturated heterocycles. The number of nitrogens with two attached hydrogens (primary N) is 1. The van der Waals surface area contributed by atoms with Crippen molar-refractivity contribution in [2.24, 2.45) is 5.73 Å². The van der Waals surface area contributed by atoms with E-state index in [1.54, 1.807) is 0 Å². The number of carbonyl (C=O) groups excluding carboxylic acids is 1. The van der Waals surface area contributed by atoms with E-state index in [2.05, 4.69) is 20.6 Å². The number of nitrogens with zero attached hydrogens (tertiary/aromatic N) is 2. The zero-order valence-corrected chi connectivity index (χ0v) is 15.4. The third kappa shape index (κ3) is 5.04. The lowest BCUT2D eigenvalue weighted by molar-refractivity contribution is 0.0346. The summed E-state index contributed by atoms with van der Waals surface area (Å²) in [6.07, 6.45) is 7.94. The number of aromatic nitrogens is 2. The minimum absolute atomic E-state index is 0.131. The fourth-order valence-electron chi connectivity index (χ4n) is 3.58. The fraction of sp³-hybridized carbons (Fsp3) is 0.722. The quantitative estimate of drug-likeness (QED) is 0.678. The minimum atomic E-state index is -0.534. The standard InChI is InChI=1S/C18H29N5O3/c1-2-26-14-7-5-12(6-8-14)22-18-20-10-15(16(19)24)17(23-18)21-13-4-3-9-25-11-13/h10,12-14H,2-9,11H2,1H3,(H2,19,24)(H2,20,21,22,23)/t12-,13?,14-. The maximum atomic E-state index is 11.7. The van der Waals surface area contributed by atoms with Crippen molar-refractivity contribution in [1.29, 1.82) is 0 Å². The minimum Gasteiger partial charge on any atom is -0.379 e. The Morgan fingerprint density at radius 1 is 1.27 bits per heavy atom. The second-order valence-electron chi connectivity index (χ2n) is 6.95. The van der Waals surface area contributed by atoms with Crippen LogP contribution in [0.1, 0.15) is 55.8 Å². The van der Waals surface area contributed by atoms with Gasteiger partial charge in [0.05, 0.1) is 24.3 Å². The van der Waals surface area contributed by atoms with Gasteiger partial charge >= 0.3 is 0 Å². The van der Waals surface area contributed by atoms with E-state index < -0.39 is 5.91 Å². The van der Waals surface area contributed by atoms with Gasteiger partial charge in [0.25, 0.3) is 5.91 Å². The summed E-state index contributed by atoms with van der Waals surface area (Å²) in [4.78, 5) is 20.5. The molecule has 4 N–H and O–H groups in total. The van der Waals surface area contributed by atoms with Crippen LogP contribution in [0.15, 0.2) is 6.20 Å². The van der Waals surface area contributed by atoms with Gasteiger partial charge in [-0.3, -0.25) is 4.79 Å². The number of nitrogens with one attached hydrogen (secondary N) is 2. The maximum Gasteiger partial charge on any atom is 0.254 e. The molecule has 144 valence electrons. The molecule has 1 atom stereocenters. The number of carbonyl (C=O) groups is 1. The lowest BCUT2D eigenvalue weighted by Gasteiger charge is -2.29. The van der Waals surface area contributed by atoms with E-state index in [-0.39, 0.29) is 6.04 Å². The molecule has 1 amide bonds. The molecule has 0 spiro atoms. The second-order valence-corrected chi connectivity index (χ2v) is 6.95. The molecule has 8 nitrogen and oxygen atoms in total. The molecular weight excluding hydrogens is 334 g/mol. The number of hydrogen-bond acceptors (Lipinski definition) is 7. The SMILES string of the molecule is CCO[C@H]1CC[C@H](Nc2ncc(C(N)=O)c(NC3CCCOC3)n2)CC1. The fourth-order valence-corrected chi connectivity index (χ4v) is 3.58. The summed E-state index contributed by atoms with van der Waals surface area (Å²) in [5.74, 6) is 0.468. The molecule has 1 saturated carbocycles. The summed E-state index contributed by atoms with van der Waals surface area (Å²) in [5, 5.41) is 6.68. The highest BCUT2D eigenvalue weighted by atomic mass is 16.5. The first-order valence-corrected chi connectivity index (χ1v) is 9.55. The van der Waals surface area contributed by atoms with Gasteiger partial charge in [-0.15, -0.1) is 0 Å². The van der Waals surface area contributed by atoms with Gasteiger partial charge in [0, 0.05) is 25.5 Å². The molecule has 2 aliphatic rings. The van der Waals surface area contributed by atoms with Gasteiger partial charge in [-0.05, 0) is 45.4 Å². The lowest BCUT2D eigenvalue weighted by Crippen LogP contribution is -2.32. The summed E-state index contributed by atoms with van der Waals surface area (Å²) in [7, 11) is 0. The third-order valence-electron chi connectivity index (χ3n) is 4.97. The smallest absolute Gasteiger partial charge is 0.254 e. The monoisotopic (exact) mass is 363 g/mol. The van der Waals surface area contributed by atoms with Crippen molar-refractivity contribution in [1.82, 2.24) is 9.97 Å². The topological polar surface area (TPSA) is 111 Å². The Balaban J connectivity index is 1.64. The van der Waals surface area contributed by atoms with E-state index in [1.165, 1.54) is 6.20 Å². The summed E-state index contributed by atoms with van der Waals surface area (Å²) >= 11 is 0. The van der Waals surface area contributed by atoms with E-state index in [4.69, 9.17) is 15.2 Å². The first-order chi connectivity index (χ1) is 12.7. The molecule has 1 aromatic heterocycles. The molecule has 26 heavy (non-hydrogen) atoms. The zero-order chi connectivity index (χ0) is 18.4. The van der Waals surface area contributed by atoms with Crippen molar-refractivity contribution < 1.29 is 14.3 Å². The van der Waals surface area contributed by atoms with Gasteiger partial charge in [-0.1, -0.05) is 0 Å². The molecule has 2 heterocycles. The number of amides is 1. The second kappa shape index (κ2) is 9.14. The Labute approximate surface area is 154 Å². The molecule has 1 aliphatic carbocycles. The van der Waals surface area contributed by atoms with Crippen LogP contribution >= 0.6 is 0 Å². The molecule has 3 rings (SSSR count). The van der Waals surface area contributed by atoms with Crippen LogP contribution < -0.4 is 16.4 Å². The average Bonchev–Trinajstić information content (AvgIpc) is 2.64. The third-order valence-corrected chi connectivity index (χ3v) is 4.97. The van der Waals surface area contributed by atoms with Gasteiger partial charge < -0.3 is 25.8 Å². The molecule has 0 aromatic carbocycles. The van der Waals surface area contributed by atoms with Crippen LogP contribution in [0.5, 0.6) is 0 Å². The van der Waals surface area contributed by atoms with Crippen LogP contribution in [0.25, 0.3) is 0 Å². The Morgan fingerprint density at radius 2 is 2.08 bits per heavy atom. The van der Waals surface area contributed by atoms with Crippen LogP contribution in [0.4, 0.5) is 11.8 Å². The van der Waals surface area contributed by atoms with Gasteiger partial charge in [-0.2, -0.15) is 4.98 Å². The summed E-state index contributed by atoms with van der Waals surface area (Å²) in [5.41, 5.74) is 5.78. The highest BCUT2D eigenvalue weighted by molar-refractivity contribution is 5.97. The molecular formula is C18H29N5O3. The van der Waals surface area contributed by atoms with Crippen molar-refractivity contribution in [2.75, 3.05) is 30.5 Å². The van der Waals surface area contributed by atoms with Crippen LogP contribution in [-0.4, -0.2) is 53.9 Å². The van der Waals surface area contributed by atoms with Crippen molar-refractivity contribution >= 4 is 17.7 Å². The van der Waals surface area contributed by atoms with Gasteiger partial charge in [0.15, 0.2) is 0 Å². The van der Waals surface area contributed by atoms with E-state index in [0.717, 1.165) is 51.7 Å². The number of anilines is 2. The van der Waals surface area contributed by atoms with Crippen LogP contribution in [0.2, 0.25) is 0 Å². The Bertz CT molecular complexity index is 598. The summed E-state index contributed by atoms with van der Waals surface area (Å²) in [6, 6.07) is 0.447. The number of hydrogen-bond donors (Lipinski definition) is 3. The number of rotatable bonds is 7. The summed E-state index contributed by atoms with van der Waals surface area (Å²) in [6.45, 7) is 4.18. The van der Waals surface area contributed by atoms with Gasteiger partial charge in [0.2, 0.25) is 5.95 Å². The van der Waals surface area contributed by atoms with Crippen molar-refractivity contribution in [3.63, 3.8) is 0 Å². The van der Waals surface area contributed by atoms with E-state index in [1.807, 2.05) is 6.92 Å². The predicted molar refractivity (Wildman–Crippen MR) is 99.3 cm³/mol. The highest BCUT2D eigenvalue weighted by Gasteiger charge is 2.23. The van der Waals surface area contributed by atoms with Crippen LogP contribution in [0, 0.1) is 0 Å². The lowest BCUT2D eigenvalue weighted by atomic mass is 9.93. The number of ether oxygens (including phenoxy) is 2. The van der Waals surface area contributed by atoms with E-state index >= 15 is 0 Å². The molecule has 2 fully saturated rings. The Morgan fingerprint density at radius 3 is 2.73 bits per heavy atom. The zero-order valence-electron chi connectivity index (χ0n) is 15.4. The van der Waals surface area contributed by atoms with Crippen LogP contribution in [-0.2, 0) is 9.47 Å². The number of primary amides is 1. The largest absolute Gasteiger partial charge is 0.379 e. The van der Waals surface area contributed by atoms with Crippen molar-refractivity contribution in [3.05, 3.63) is 11.8 Å². The highest BCUT2D eigenvalue weighted by Crippen LogP contribution is 2.24. The van der Waals surface area contributed by atoms with Crippen molar-refractivity contribution in [3.8, 4) is 0 Å². The Kier molecular flexibility index (Phi) is 6.62. The Hall–Kier alpha value is -1.93. The first-order valence-electron chi connectivity index (χ1n) is 9.55. The van der Waals surface area contributed by atoms with Gasteiger partial charge in [-0.25, -0.2) is 4.98 Å². The maximum absolute atomic E-state index is 11.7. The van der Waals surface area contributed by atoms with Crippen LogP contribution in [0.3, 0.4) is 0 Å². The molecule has 0 radical (unpaired) electrons. The average molecular weight is 363 g/mol. The first kappa shape index (κ1) is 18.8. The van der Waals surface area contributed by atoms with E-state index in [9.17, 15) is 4.79 Å².